The molecule has 22 heavy (non-hydrogen) atoms. The first-order valence-electron chi connectivity index (χ1n) is 7.02. The van der Waals surface area contributed by atoms with Crippen molar-refractivity contribution in [1.29, 1.82) is 0 Å². The normalized spacial score (nSPS) is 12.6. The van der Waals surface area contributed by atoms with Crippen LogP contribution in [0.5, 0.6) is 0 Å². The predicted octanol–water partition coefficient (Wildman–Crippen LogP) is 3.69. The average molecular weight is 306 g/mol. The summed E-state index contributed by atoms with van der Waals surface area (Å²) in [5.41, 5.74) is 4.28. The zero-order valence-corrected chi connectivity index (χ0v) is 12.6. The van der Waals surface area contributed by atoms with Gasteiger partial charge in [-0.05, 0) is 23.3 Å². The van der Waals surface area contributed by atoms with Crippen LogP contribution in [0.25, 0.3) is 11.0 Å². The van der Waals surface area contributed by atoms with E-state index in [2.05, 4.69) is 68.5 Å². The number of H-pyrrole nitrogens is 1. The highest BCUT2D eigenvalue weighted by Gasteiger charge is 2.16. The van der Waals surface area contributed by atoms with E-state index in [1.54, 1.807) is 6.20 Å². The van der Waals surface area contributed by atoms with Crippen LogP contribution in [0.3, 0.4) is 0 Å². The number of aromatic amines is 1. The minimum Gasteiger partial charge on any atom is -0.333 e. The topological polar surface area (TPSA) is 46.5 Å². The number of imidazole rings is 2. The van der Waals surface area contributed by atoms with E-state index in [0.717, 1.165) is 16.6 Å². The second kappa shape index (κ2) is 5.35. The van der Waals surface area contributed by atoms with Gasteiger partial charge in [-0.3, -0.25) is 0 Å². The second-order valence-corrected chi connectivity index (χ2v) is 5.58. The average Bonchev–Trinajstić information content (AvgIpc) is 3.17. The summed E-state index contributed by atoms with van der Waals surface area (Å²) in [6.45, 7) is 0. The summed E-state index contributed by atoms with van der Waals surface area (Å²) in [5.74, 6) is 0. The molecule has 0 fully saturated rings. The maximum Gasteiger partial charge on any atom is 0.163 e. The van der Waals surface area contributed by atoms with Crippen molar-refractivity contribution in [1.82, 2.24) is 19.5 Å². The van der Waals surface area contributed by atoms with Gasteiger partial charge in [-0.15, -0.1) is 12.6 Å². The molecule has 0 saturated carbocycles. The maximum atomic E-state index is 4.41. The highest BCUT2D eigenvalue weighted by Crippen LogP contribution is 2.28. The maximum absolute atomic E-state index is 4.41. The first-order chi connectivity index (χ1) is 10.8. The van der Waals surface area contributed by atoms with Crippen LogP contribution >= 0.6 is 12.6 Å². The van der Waals surface area contributed by atoms with Gasteiger partial charge in [0.2, 0.25) is 0 Å². The third-order valence-electron chi connectivity index (χ3n) is 3.75. The first-order valence-corrected chi connectivity index (χ1v) is 7.47. The van der Waals surface area contributed by atoms with Crippen LogP contribution in [0.4, 0.5) is 0 Å². The van der Waals surface area contributed by atoms with Crippen molar-refractivity contribution in [3.63, 3.8) is 0 Å². The second-order valence-electron chi connectivity index (χ2n) is 5.16. The van der Waals surface area contributed by atoms with Crippen LogP contribution in [0.15, 0.2) is 72.4 Å². The van der Waals surface area contributed by atoms with Gasteiger partial charge < -0.3 is 9.55 Å². The molecular formula is C17H14N4S. The fourth-order valence-corrected chi connectivity index (χ4v) is 3.00. The fraction of sp³-hybridized carbons (Fsp3) is 0.0588. The lowest BCUT2D eigenvalue weighted by Crippen LogP contribution is -2.10. The highest BCUT2D eigenvalue weighted by molar-refractivity contribution is 7.80. The molecule has 2 aromatic carbocycles. The Bertz CT molecular complexity index is 897. The number of hydrogen-bond donors (Lipinski definition) is 2. The summed E-state index contributed by atoms with van der Waals surface area (Å²) >= 11 is 4.28. The minimum atomic E-state index is 0.0770. The quantitative estimate of drug-likeness (QED) is 0.567. The van der Waals surface area contributed by atoms with E-state index in [1.165, 1.54) is 5.56 Å². The SMILES string of the molecule is Sc1nc2cc(C(c3ccccc3)n3ccnc3)ccc2[nH]1. The number of benzene rings is 2. The van der Waals surface area contributed by atoms with Crippen LogP contribution in [-0.2, 0) is 0 Å². The zero-order valence-electron chi connectivity index (χ0n) is 11.7. The Hall–Kier alpha value is -2.53. The van der Waals surface area contributed by atoms with Crippen molar-refractivity contribution < 1.29 is 0 Å². The number of fused-ring (bicyclic) bond motifs is 1. The Morgan fingerprint density at radius 1 is 1.05 bits per heavy atom. The summed E-state index contributed by atoms with van der Waals surface area (Å²) in [5, 5.41) is 0.631. The van der Waals surface area contributed by atoms with Gasteiger partial charge in [-0.25, -0.2) is 9.97 Å². The third-order valence-corrected chi connectivity index (χ3v) is 3.96. The molecule has 0 saturated heterocycles. The van der Waals surface area contributed by atoms with E-state index in [0.29, 0.717) is 5.16 Å². The van der Waals surface area contributed by atoms with Crippen molar-refractivity contribution in [3.8, 4) is 0 Å². The summed E-state index contributed by atoms with van der Waals surface area (Å²) in [6.07, 6.45) is 5.63. The third kappa shape index (κ3) is 2.29. The van der Waals surface area contributed by atoms with E-state index in [4.69, 9.17) is 0 Å². The summed E-state index contributed by atoms with van der Waals surface area (Å²) in [7, 11) is 0. The van der Waals surface area contributed by atoms with E-state index in [9.17, 15) is 0 Å². The molecular weight excluding hydrogens is 292 g/mol. The molecule has 5 heteroatoms. The van der Waals surface area contributed by atoms with Crippen LogP contribution in [0.1, 0.15) is 17.2 Å². The molecule has 0 amide bonds. The minimum absolute atomic E-state index is 0.0770. The molecule has 1 unspecified atom stereocenters. The zero-order chi connectivity index (χ0) is 14.9. The number of aromatic nitrogens is 4. The largest absolute Gasteiger partial charge is 0.333 e. The van der Waals surface area contributed by atoms with Crippen LogP contribution in [-0.4, -0.2) is 19.5 Å². The van der Waals surface area contributed by atoms with Gasteiger partial charge in [-0.1, -0.05) is 36.4 Å². The molecule has 0 spiro atoms. The summed E-state index contributed by atoms with van der Waals surface area (Å²) < 4.78 is 2.10. The molecule has 4 aromatic rings. The van der Waals surface area contributed by atoms with Crippen LogP contribution < -0.4 is 0 Å². The molecule has 0 aliphatic rings. The van der Waals surface area contributed by atoms with E-state index < -0.39 is 0 Å². The Balaban J connectivity index is 1.89. The first kappa shape index (κ1) is 13.2. The van der Waals surface area contributed by atoms with Crippen molar-refractivity contribution in [3.05, 3.63) is 78.4 Å². The number of thiol groups is 1. The fourth-order valence-electron chi connectivity index (χ4n) is 2.77. The Morgan fingerprint density at radius 2 is 1.91 bits per heavy atom. The molecule has 4 nitrogen and oxygen atoms in total. The molecule has 4 rings (SSSR count). The van der Waals surface area contributed by atoms with Gasteiger partial charge in [0.05, 0.1) is 23.4 Å². The molecule has 2 heterocycles. The van der Waals surface area contributed by atoms with E-state index in [-0.39, 0.29) is 6.04 Å². The van der Waals surface area contributed by atoms with Gasteiger partial charge in [-0.2, -0.15) is 0 Å². The number of nitrogens with zero attached hydrogens (tertiary/aromatic N) is 3. The molecule has 108 valence electrons. The van der Waals surface area contributed by atoms with Gasteiger partial charge in [0.1, 0.15) is 0 Å². The van der Waals surface area contributed by atoms with Gasteiger partial charge >= 0.3 is 0 Å². The lowest BCUT2D eigenvalue weighted by Gasteiger charge is -2.19. The smallest absolute Gasteiger partial charge is 0.163 e. The molecule has 0 aliphatic carbocycles. The number of nitrogens with one attached hydrogen (secondary N) is 1. The molecule has 1 N–H and O–H groups in total. The van der Waals surface area contributed by atoms with E-state index >= 15 is 0 Å². The van der Waals surface area contributed by atoms with Crippen molar-refractivity contribution in [2.45, 2.75) is 11.2 Å². The highest BCUT2D eigenvalue weighted by atomic mass is 32.1. The lowest BCUT2D eigenvalue weighted by atomic mass is 9.98. The molecule has 0 radical (unpaired) electrons. The van der Waals surface area contributed by atoms with Crippen LogP contribution in [0, 0.1) is 0 Å². The standard InChI is InChI=1S/C17H14N4S/c22-17-19-14-7-6-13(10-15(14)20-17)16(21-9-8-18-11-21)12-4-2-1-3-5-12/h1-11,16H,(H2,19,20,22). The Kier molecular flexibility index (Phi) is 3.20. The molecule has 1 atom stereocenters. The van der Waals surface area contributed by atoms with Crippen molar-refractivity contribution in [2.75, 3.05) is 0 Å². The van der Waals surface area contributed by atoms with Gasteiger partial charge in [0.15, 0.2) is 5.16 Å². The lowest BCUT2D eigenvalue weighted by molar-refractivity contribution is 0.677. The Morgan fingerprint density at radius 3 is 2.68 bits per heavy atom. The van der Waals surface area contributed by atoms with Crippen molar-refractivity contribution >= 4 is 23.7 Å². The Labute approximate surface area is 133 Å². The summed E-state index contributed by atoms with van der Waals surface area (Å²) in [6, 6.07) is 16.7. The molecule has 2 aromatic heterocycles. The number of rotatable bonds is 3. The van der Waals surface area contributed by atoms with Gasteiger partial charge in [0, 0.05) is 12.4 Å². The summed E-state index contributed by atoms with van der Waals surface area (Å²) in [4.78, 5) is 11.7. The number of hydrogen-bond acceptors (Lipinski definition) is 3. The van der Waals surface area contributed by atoms with E-state index in [1.807, 2.05) is 24.7 Å². The van der Waals surface area contributed by atoms with Gasteiger partial charge in [0.25, 0.3) is 0 Å². The van der Waals surface area contributed by atoms with Crippen molar-refractivity contribution in [2.24, 2.45) is 0 Å². The molecule has 0 aliphatic heterocycles. The monoisotopic (exact) mass is 306 g/mol. The predicted molar refractivity (Wildman–Crippen MR) is 89.3 cm³/mol. The van der Waals surface area contributed by atoms with Crippen LogP contribution in [0.2, 0.25) is 0 Å². The molecule has 0 bridgehead atoms.